The summed E-state index contributed by atoms with van der Waals surface area (Å²) in [6, 6.07) is 0. The SMILES string of the molecule is CCc1nnsc1C(=O)N1CCC(C)(O)CC1. The van der Waals surface area contributed by atoms with Crippen LogP contribution in [0.1, 0.15) is 42.1 Å². The number of nitrogens with zero attached hydrogens (tertiary/aromatic N) is 3. The fourth-order valence-corrected chi connectivity index (χ4v) is 2.66. The summed E-state index contributed by atoms with van der Waals surface area (Å²) in [5.74, 6) is 0.00681. The molecule has 1 amide bonds. The van der Waals surface area contributed by atoms with Gasteiger partial charge in [-0.15, -0.1) is 5.10 Å². The molecule has 0 aromatic carbocycles. The lowest BCUT2D eigenvalue weighted by Gasteiger charge is -2.35. The number of aliphatic hydroxyl groups is 1. The number of likely N-dealkylation sites (tertiary alicyclic amines) is 1. The molecule has 0 unspecified atom stereocenters. The van der Waals surface area contributed by atoms with Crippen LogP contribution in [0.4, 0.5) is 0 Å². The molecule has 1 saturated heterocycles. The average molecular weight is 255 g/mol. The van der Waals surface area contributed by atoms with E-state index in [4.69, 9.17) is 0 Å². The van der Waals surface area contributed by atoms with Gasteiger partial charge in [0.05, 0.1) is 11.3 Å². The lowest BCUT2D eigenvalue weighted by atomic mass is 9.94. The number of hydrogen-bond donors (Lipinski definition) is 1. The zero-order chi connectivity index (χ0) is 12.5. The minimum atomic E-state index is -0.629. The molecular formula is C11H17N3O2S. The quantitative estimate of drug-likeness (QED) is 0.859. The summed E-state index contributed by atoms with van der Waals surface area (Å²) in [4.78, 5) is 14.7. The molecule has 5 nitrogen and oxygen atoms in total. The lowest BCUT2D eigenvalue weighted by Crippen LogP contribution is -2.45. The van der Waals surface area contributed by atoms with Gasteiger partial charge in [0.2, 0.25) is 0 Å². The Morgan fingerprint density at radius 3 is 2.76 bits per heavy atom. The van der Waals surface area contributed by atoms with Crippen molar-refractivity contribution in [2.24, 2.45) is 0 Å². The van der Waals surface area contributed by atoms with Crippen molar-refractivity contribution < 1.29 is 9.90 Å². The van der Waals surface area contributed by atoms with Crippen LogP contribution in [0.15, 0.2) is 0 Å². The molecule has 17 heavy (non-hydrogen) atoms. The average Bonchev–Trinajstić information content (AvgIpc) is 2.76. The van der Waals surface area contributed by atoms with Gasteiger partial charge in [0.15, 0.2) is 0 Å². The van der Waals surface area contributed by atoms with Crippen molar-refractivity contribution in [3.8, 4) is 0 Å². The normalized spacial score (nSPS) is 19.4. The zero-order valence-corrected chi connectivity index (χ0v) is 11.0. The van der Waals surface area contributed by atoms with Crippen molar-refractivity contribution in [3.05, 3.63) is 10.6 Å². The van der Waals surface area contributed by atoms with Gasteiger partial charge in [-0.05, 0) is 37.7 Å². The molecule has 2 heterocycles. The Morgan fingerprint density at radius 2 is 2.18 bits per heavy atom. The summed E-state index contributed by atoms with van der Waals surface area (Å²) in [5.41, 5.74) is 0.147. The molecule has 0 radical (unpaired) electrons. The fourth-order valence-electron chi connectivity index (χ4n) is 1.94. The van der Waals surface area contributed by atoms with E-state index in [-0.39, 0.29) is 5.91 Å². The molecule has 1 N–H and O–H groups in total. The second-order valence-corrected chi connectivity index (χ2v) is 5.45. The van der Waals surface area contributed by atoms with E-state index in [0.717, 1.165) is 23.6 Å². The van der Waals surface area contributed by atoms with Gasteiger partial charge in [0, 0.05) is 13.1 Å². The maximum absolute atomic E-state index is 12.2. The summed E-state index contributed by atoms with van der Waals surface area (Å²) >= 11 is 1.16. The van der Waals surface area contributed by atoms with Crippen molar-refractivity contribution in [2.75, 3.05) is 13.1 Å². The van der Waals surface area contributed by atoms with E-state index in [9.17, 15) is 9.90 Å². The van der Waals surface area contributed by atoms with E-state index in [2.05, 4.69) is 9.59 Å². The van der Waals surface area contributed by atoms with E-state index in [1.165, 1.54) is 0 Å². The number of aromatic nitrogens is 2. The number of carbonyl (C=O) groups excluding carboxylic acids is 1. The van der Waals surface area contributed by atoms with Crippen LogP contribution in [0.2, 0.25) is 0 Å². The highest BCUT2D eigenvalue weighted by atomic mass is 32.1. The Bertz CT molecular complexity index is 407. The number of rotatable bonds is 2. The molecule has 1 aliphatic heterocycles. The molecule has 0 atom stereocenters. The van der Waals surface area contributed by atoms with E-state index < -0.39 is 5.60 Å². The van der Waals surface area contributed by atoms with E-state index in [0.29, 0.717) is 30.8 Å². The first-order chi connectivity index (χ1) is 8.03. The molecule has 2 rings (SSSR count). The van der Waals surface area contributed by atoms with Gasteiger partial charge < -0.3 is 10.0 Å². The van der Waals surface area contributed by atoms with Crippen LogP contribution in [-0.4, -0.2) is 44.2 Å². The van der Waals surface area contributed by atoms with Crippen LogP contribution >= 0.6 is 11.5 Å². The zero-order valence-electron chi connectivity index (χ0n) is 10.1. The first-order valence-electron chi connectivity index (χ1n) is 5.86. The highest BCUT2D eigenvalue weighted by molar-refractivity contribution is 7.08. The largest absolute Gasteiger partial charge is 0.390 e. The molecule has 1 aliphatic rings. The van der Waals surface area contributed by atoms with Crippen molar-refractivity contribution in [3.63, 3.8) is 0 Å². The van der Waals surface area contributed by atoms with Crippen LogP contribution in [0.5, 0.6) is 0 Å². The lowest BCUT2D eigenvalue weighted by molar-refractivity contribution is -0.00191. The van der Waals surface area contributed by atoms with Gasteiger partial charge in [-0.1, -0.05) is 11.4 Å². The smallest absolute Gasteiger partial charge is 0.267 e. The molecule has 0 bridgehead atoms. The summed E-state index contributed by atoms with van der Waals surface area (Å²) in [5, 5.41) is 13.8. The third-order valence-corrected chi connectivity index (χ3v) is 3.97. The van der Waals surface area contributed by atoms with E-state index >= 15 is 0 Å². The Labute approximate surface area is 105 Å². The molecule has 1 fully saturated rings. The molecule has 6 heteroatoms. The van der Waals surface area contributed by atoms with Crippen LogP contribution < -0.4 is 0 Å². The predicted octanol–water partition coefficient (Wildman–Crippen LogP) is 1.09. The second-order valence-electron chi connectivity index (χ2n) is 4.69. The molecular weight excluding hydrogens is 238 g/mol. The summed E-state index contributed by atoms with van der Waals surface area (Å²) < 4.78 is 3.83. The predicted molar refractivity (Wildman–Crippen MR) is 65.0 cm³/mol. The Balaban J connectivity index is 2.07. The minimum absolute atomic E-state index is 0.00681. The molecule has 0 saturated carbocycles. The van der Waals surface area contributed by atoms with Crippen molar-refractivity contribution in [1.82, 2.24) is 14.5 Å². The minimum Gasteiger partial charge on any atom is -0.390 e. The van der Waals surface area contributed by atoms with E-state index in [1.54, 1.807) is 4.90 Å². The highest BCUT2D eigenvalue weighted by Crippen LogP contribution is 2.23. The molecule has 1 aromatic heterocycles. The van der Waals surface area contributed by atoms with Gasteiger partial charge in [-0.25, -0.2) is 0 Å². The van der Waals surface area contributed by atoms with Crippen molar-refractivity contribution >= 4 is 17.4 Å². The van der Waals surface area contributed by atoms with Crippen molar-refractivity contribution in [2.45, 2.75) is 38.7 Å². The highest BCUT2D eigenvalue weighted by Gasteiger charge is 2.31. The molecule has 0 spiro atoms. The van der Waals surface area contributed by atoms with E-state index in [1.807, 2.05) is 13.8 Å². The number of amides is 1. The van der Waals surface area contributed by atoms with Gasteiger partial charge >= 0.3 is 0 Å². The van der Waals surface area contributed by atoms with Crippen LogP contribution in [0, 0.1) is 0 Å². The van der Waals surface area contributed by atoms with Gasteiger partial charge in [0.25, 0.3) is 5.91 Å². The fraction of sp³-hybridized carbons (Fsp3) is 0.727. The van der Waals surface area contributed by atoms with Crippen LogP contribution in [0.25, 0.3) is 0 Å². The molecule has 1 aromatic rings. The summed E-state index contributed by atoms with van der Waals surface area (Å²) in [6.45, 7) is 4.99. The maximum Gasteiger partial charge on any atom is 0.267 e. The van der Waals surface area contributed by atoms with Crippen molar-refractivity contribution in [1.29, 1.82) is 0 Å². The van der Waals surface area contributed by atoms with Crippen LogP contribution in [-0.2, 0) is 6.42 Å². The summed E-state index contributed by atoms with van der Waals surface area (Å²) in [7, 11) is 0. The van der Waals surface area contributed by atoms with Gasteiger partial charge in [0.1, 0.15) is 4.88 Å². The Hall–Kier alpha value is -1.01. The first-order valence-corrected chi connectivity index (χ1v) is 6.64. The Morgan fingerprint density at radius 1 is 1.53 bits per heavy atom. The number of carbonyl (C=O) groups is 1. The third-order valence-electron chi connectivity index (χ3n) is 3.21. The summed E-state index contributed by atoms with van der Waals surface area (Å²) in [6.07, 6.45) is 1.99. The maximum atomic E-state index is 12.2. The standard InChI is InChI=1S/C11H17N3O2S/c1-3-8-9(17-13-12-8)10(15)14-6-4-11(2,16)5-7-14/h16H,3-7H2,1-2H3. The molecule has 94 valence electrons. The topological polar surface area (TPSA) is 66.3 Å². The molecule has 0 aliphatic carbocycles. The number of aryl methyl sites for hydroxylation is 1. The third kappa shape index (κ3) is 2.63. The number of piperidine rings is 1. The van der Waals surface area contributed by atoms with Crippen LogP contribution in [0.3, 0.4) is 0 Å². The monoisotopic (exact) mass is 255 g/mol. The van der Waals surface area contributed by atoms with Gasteiger partial charge in [-0.2, -0.15) is 0 Å². The van der Waals surface area contributed by atoms with Gasteiger partial charge in [-0.3, -0.25) is 4.79 Å². The second kappa shape index (κ2) is 4.70. The first kappa shape index (κ1) is 12.4. The number of hydrogen-bond acceptors (Lipinski definition) is 5. The Kier molecular flexibility index (Phi) is 3.44.